The number of ether oxygens (including phenoxy) is 19. The zero-order valence-corrected chi connectivity index (χ0v) is 78.6. The van der Waals surface area contributed by atoms with Crippen LogP contribution in [-0.2, 0) is 152 Å². The van der Waals surface area contributed by atoms with Gasteiger partial charge in [0.1, 0.15) is 39.6 Å². The molecule has 0 fully saturated rings. The maximum Gasteiger partial charge on any atom is 0.311 e. The molecule has 0 unspecified atom stereocenters. The predicted octanol–water partition coefficient (Wildman–Crippen LogP) is 5.57. The van der Waals surface area contributed by atoms with Gasteiger partial charge in [-0.2, -0.15) is 0 Å². The van der Waals surface area contributed by atoms with E-state index in [9.17, 15) is 62.3 Å². The number of methoxy groups -OCH3 is 8. The van der Waals surface area contributed by atoms with Crippen LogP contribution in [0.4, 0.5) is 0 Å². The zero-order valence-electron chi connectivity index (χ0n) is 78.6. The van der Waals surface area contributed by atoms with Crippen LogP contribution in [0, 0.1) is 21.7 Å². The largest absolute Gasteiger partial charge is 0.469 e. The van der Waals surface area contributed by atoms with Crippen LogP contribution >= 0.6 is 0 Å². The summed E-state index contributed by atoms with van der Waals surface area (Å²) in [5.74, 6) is -2.52. The molecule has 0 aliphatic rings. The van der Waals surface area contributed by atoms with E-state index in [1.165, 1.54) is 14.2 Å². The standard InChI is InChI=1S/C19H35NO6.C18H33NO6.C14H23NO8.C12H25NO4.C11H23NO4.C10H21NO4/c1-8-24-15(21)9-10-20(11-13-25-16(22)18(2,3)4)12-14-26-17(23)19(5,6)7;1-17(2,3)15(21)24-12-10-19(9-8-14(20)23-7)11-13-25-16(22)18(4,5)6;16-11-20-7-1-2-8-23-14(19)3-4-15(5-9-21-12-17)6-10-22-13-18;1-4-9-17-12(14)5-6-13(7-10-15-2)8-11-16-3;1-4-16-11(13)5-6-12(7-9-14-2)8-10-15-3;1-13-8-6-11(7-9-14-2)5-4-10(12)15-3/h8-14H2,1-7H3;8-13H2,1-7H3;11-13H,1-10H2;4-11H2,1-3H3;4-10H2,1-3H3;4-9H2,1-3H3. The van der Waals surface area contributed by atoms with Crippen molar-refractivity contribution in [1.82, 2.24) is 29.4 Å². The van der Waals surface area contributed by atoms with E-state index in [1.807, 2.05) is 28.5 Å². The Kier molecular flexibility index (Phi) is 86.8. The normalized spacial score (nSPS) is 11.1. The highest BCUT2D eigenvalue weighted by molar-refractivity contribution is 5.77. The highest BCUT2D eigenvalue weighted by Gasteiger charge is 2.27. The summed E-state index contributed by atoms with van der Waals surface area (Å²) in [5, 5.41) is 0. The molecule has 0 atom stereocenters. The van der Waals surface area contributed by atoms with E-state index in [0.717, 1.165) is 45.7 Å². The Morgan fingerprint density at radius 3 is 0.631 bits per heavy atom. The van der Waals surface area contributed by atoms with E-state index in [2.05, 4.69) is 38.4 Å². The van der Waals surface area contributed by atoms with Crippen LogP contribution in [0.1, 0.15) is 162 Å². The van der Waals surface area contributed by atoms with Crippen LogP contribution in [0.2, 0.25) is 0 Å². The van der Waals surface area contributed by atoms with Crippen molar-refractivity contribution in [2.45, 2.75) is 162 Å². The molecule has 122 heavy (non-hydrogen) atoms. The van der Waals surface area contributed by atoms with Crippen LogP contribution in [0.5, 0.6) is 0 Å². The number of hydrogen-bond acceptors (Lipinski definition) is 38. The average molecular weight is 1770 g/mol. The molecule has 0 heterocycles. The van der Waals surface area contributed by atoms with Gasteiger partial charge in [-0.3, -0.25) is 91.7 Å². The third kappa shape index (κ3) is 87.5. The van der Waals surface area contributed by atoms with Gasteiger partial charge in [0.05, 0.1) is 147 Å². The smallest absolute Gasteiger partial charge is 0.311 e. The highest BCUT2D eigenvalue weighted by atomic mass is 16.6. The molecule has 0 radical (unpaired) electrons. The van der Waals surface area contributed by atoms with Crippen molar-refractivity contribution < 1.29 is 152 Å². The summed E-state index contributed by atoms with van der Waals surface area (Å²) in [6.45, 7) is 46.0. The summed E-state index contributed by atoms with van der Waals surface area (Å²) >= 11 is 0. The number of unbranched alkanes of at least 4 members (excludes halogenated alkanes) is 1. The fourth-order valence-electron chi connectivity index (χ4n) is 8.78. The summed E-state index contributed by atoms with van der Waals surface area (Å²) in [6.07, 6.45) is 3.98. The summed E-state index contributed by atoms with van der Waals surface area (Å²) in [7, 11) is 12.7. The average Bonchev–Trinajstić information content (AvgIpc) is 0.929. The second-order valence-electron chi connectivity index (χ2n) is 30.9. The van der Waals surface area contributed by atoms with Crippen LogP contribution in [0.25, 0.3) is 0 Å². The second kappa shape index (κ2) is 84.5. The van der Waals surface area contributed by atoms with Crippen LogP contribution in [0.15, 0.2) is 0 Å². The Bertz CT molecular complexity index is 2540. The van der Waals surface area contributed by atoms with Crippen LogP contribution in [-0.4, -0.2) is 396 Å². The topological polar surface area (TPSA) is 417 Å². The third-order valence-electron chi connectivity index (χ3n) is 16.2. The molecule has 0 saturated carbocycles. The Balaban J connectivity index is -0.000000335. The molecule has 0 spiro atoms. The van der Waals surface area contributed by atoms with Gasteiger partial charge in [0.25, 0.3) is 19.4 Å². The molecule has 38 heteroatoms. The van der Waals surface area contributed by atoms with Crippen molar-refractivity contribution in [2.75, 3.05) is 287 Å². The van der Waals surface area contributed by atoms with Crippen molar-refractivity contribution >= 4 is 79.1 Å². The SMILES string of the molecule is CCCOC(=O)CCN(CCOC)CCOC.CCOC(=O)CCN(CCOC(=O)C(C)(C)C)CCOC(=O)C(C)(C)C.CCOC(=O)CCN(CCOC)CCOC.COC(=O)CCN(CCOC(=O)C(C)(C)C)CCOC(=O)C(C)(C)C.COCCN(CCOC)CCC(=O)OC.O=COCCCCOC(=O)CCN(CCOC=O)CCOC=O. The lowest BCUT2D eigenvalue weighted by Gasteiger charge is -2.24. The summed E-state index contributed by atoms with van der Waals surface area (Å²) in [4.78, 5) is 157. The van der Waals surface area contributed by atoms with Gasteiger partial charge in [-0.1, -0.05) is 6.92 Å². The summed E-state index contributed by atoms with van der Waals surface area (Å²) in [6, 6.07) is 0. The van der Waals surface area contributed by atoms with Gasteiger partial charge in [-0.05, 0) is 116 Å². The zero-order chi connectivity index (χ0) is 93.9. The van der Waals surface area contributed by atoms with Gasteiger partial charge >= 0.3 is 59.7 Å². The van der Waals surface area contributed by atoms with Crippen molar-refractivity contribution in [3.63, 3.8) is 0 Å². The van der Waals surface area contributed by atoms with Gasteiger partial charge in [0.15, 0.2) is 0 Å². The van der Waals surface area contributed by atoms with Gasteiger partial charge in [0, 0.05) is 160 Å². The highest BCUT2D eigenvalue weighted by Crippen LogP contribution is 2.18. The van der Waals surface area contributed by atoms with Crippen LogP contribution in [0.3, 0.4) is 0 Å². The molecule has 0 amide bonds. The molecular formula is C84H160N6O32. The molecule has 0 aliphatic heterocycles. The van der Waals surface area contributed by atoms with Crippen molar-refractivity contribution in [2.24, 2.45) is 21.7 Å². The molecule has 718 valence electrons. The van der Waals surface area contributed by atoms with Crippen molar-refractivity contribution in [3.05, 3.63) is 0 Å². The van der Waals surface area contributed by atoms with Gasteiger partial charge < -0.3 is 90.0 Å². The maximum atomic E-state index is 11.8. The first kappa shape index (κ1) is 125. The molecule has 0 aromatic carbocycles. The Hall–Kier alpha value is -7.37. The molecule has 0 aliphatic carbocycles. The minimum Gasteiger partial charge on any atom is -0.469 e. The van der Waals surface area contributed by atoms with E-state index >= 15 is 0 Å². The first-order valence-corrected chi connectivity index (χ1v) is 41.6. The first-order chi connectivity index (χ1) is 57.7. The summed E-state index contributed by atoms with van der Waals surface area (Å²) < 4.78 is 93.9. The number of esters is 10. The number of carbonyl (C=O) groups excluding carboxylic acids is 13. The van der Waals surface area contributed by atoms with E-state index in [0.29, 0.717) is 196 Å². The third-order valence-corrected chi connectivity index (χ3v) is 16.2. The lowest BCUT2D eigenvalue weighted by molar-refractivity contribution is -0.155. The molecule has 38 nitrogen and oxygen atoms in total. The Morgan fingerprint density at radius 1 is 0.230 bits per heavy atom. The van der Waals surface area contributed by atoms with E-state index in [4.69, 9.17) is 66.3 Å². The quantitative estimate of drug-likeness (QED) is 0.0310. The molecule has 0 saturated heterocycles. The number of hydrogen-bond donors (Lipinski definition) is 0. The van der Waals surface area contributed by atoms with E-state index < -0.39 is 21.7 Å². The van der Waals surface area contributed by atoms with E-state index in [1.54, 1.807) is 133 Å². The maximum absolute atomic E-state index is 11.8. The number of rotatable bonds is 66. The number of nitrogens with zero attached hydrogens (tertiary/aromatic N) is 6. The van der Waals surface area contributed by atoms with Gasteiger partial charge in [0.2, 0.25) is 0 Å². The Morgan fingerprint density at radius 2 is 0.426 bits per heavy atom. The Labute approximate surface area is 728 Å². The number of carbonyl (C=O) groups is 13. The molecule has 0 bridgehead atoms. The molecule has 0 rings (SSSR count). The van der Waals surface area contributed by atoms with Crippen LogP contribution < -0.4 is 0 Å². The van der Waals surface area contributed by atoms with E-state index in [-0.39, 0.29) is 125 Å². The monoisotopic (exact) mass is 1770 g/mol. The molecule has 0 N–H and O–H groups in total. The predicted molar refractivity (Wildman–Crippen MR) is 454 cm³/mol. The fraction of sp³-hybridized carbons (Fsp3) is 0.845. The van der Waals surface area contributed by atoms with Crippen molar-refractivity contribution in [1.29, 1.82) is 0 Å². The minimum absolute atomic E-state index is 0.133. The molecule has 0 aromatic heterocycles. The molecular weight excluding hydrogens is 1600 g/mol. The minimum atomic E-state index is -0.558. The van der Waals surface area contributed by atoms with Crippen molar-refractivity contribution in [3.8, 4) is 0 Å². The lowest BCUT2D eigenvalue weighted by atomic mass is 9.97. The molecule has 0 aromatic rings. The first-order valence-electron chi connectivity index (χ1n) is 41.6. The van der Waals surface area contributed by atoms with Gasteiger partial charge in [-0.25, -0.2) is 0 Å². The van der Waals surface area contributed by atoms with Gasteiger partial charge in [-0.15, -0.1) is 0 Å². The second-order valence-corrected chi connectivity index (χ2v) is 30.9. The fourth-order valence-corrected chi connectivity index (χ4v) is 8.78. The lowest BCUT2D eigenvalue weighted by Crippen LogP contribution is -2.36. The summed E-state index contributed by atoms with van der Waals surface area (Å²) in [5.41, 5.74) is -2.23.